The molecule has 1 N–H and O–H groups in total. The third-order valence-electron chi connectivity index (χ3n) is 5.07. The SMILES string of the molecule is CNC(=O)c1ccc([C@H]2CCCCN2Cc2nccn2CC(F)(F)F)n1C. The van der Waals surface area contributed by atoms with Gasteiger partial charge in [-0.05, 0) is 31.5 Å². The minimum absolute atomic E-state index is 0.0400. The van der Waals surface area contributed by atoms with Gasteiger partial charge in [0.1, 0.15) is 18.1 Å². The van der Waals surface area contributed by atoms with Crippen LogP contribution in [0.25, 0.3) is 0 Å². The predicted octanol–water partition coefficient (Wildman–Crippen LogP) is 2.87. The van der Waals surface area contributed by atoms with Crippen LogP contribution >= 0.6 is 0 Å². The maximum absolute atomic E-state index is 12.8. The Morgan fingerprint density at radius 1 is 1.33 bits per heavy atom. The summed E-state index contributed by atoms with van der Waals surface area (Å²) in [5.74, 6) is 0.242. The molecule has 1 amide bonds. The van der Waals surface area contributed by atoms with Gasteiger partial charge in [-0.25, -0.2) is 4.98 Å². The zero-order chi connectivity index (χ0) is 19.6. The Bertz CT molecular complexity index is 795. The molecule has 1 aliphatic heterocycles. The largest absolute Gasteiger partial charge is 0.406 e. The second kappa shape index (κ2) is 7.75. The second-order valence-corrected chi connectivity index (χ2v) is 6.85. The van der Waals surface area contributed by atoms with E-state index in [1.54, 1.807) is 13.1 Å². The first-order chi connectivity index (χ1) is 12.8. The molecule has 0 bridgehead atoms. The molecule has 2 aromatic rings. The lowest BCUT2D eigenvalue weighted by atomic mass is 9.99. The molecule has 0 aromatic carbocycles. The molecule has 27 heavy (non-hydrogen) atoms. The van der Waals surface area contributed by atoms with Gasteiger partial charge in [-0.1, -0.05) is 6.42 Å². The van der Waals surface area contributed by atoms with Crippen LogP contribution in [0.5, 0.6) is 0 Å². The van der Waals surface area contributed by atoms with Crippen molar-refractivity contribution in [1.29, 1.82) is 0 Å². The summed E-state index contributed by atoms with van der Waals surface area (Å²) < 4.78 is 41.4. The molecule has 1 aliphatic rings. The van der Waals surface area contributed by atoms with Crippen LogP contribution in [0, 0.1) is 0 Å². The number of aromatic nitrogens is 3. The standard InChI is InChI=1S/C18H24F3N5O/c1-22-17(27)15-7-6-13(24(15)2)14-5-3-4-9-25(14)11-16-23-8-10-26(16)12-18(19,20)21/h6-8,10,14H,3-5,9,11-12H2,1-2H3,(H,22,27)/t14-/m1/s1. The van der Waals surface area contributed by atoms with Crippen molar-refractivity contribution in [2.45, 2.75) is 44.6 Å². The molecule has 1 atom stereocenters. The Morgan fingerprint density at radius 3 is 2.81 bits per heavy atom. The average Bonchev–Trinajstić information content (AvgIpc) is 3.20. The number of hydrogen-bond donors (Lipinski definition) is 1. The third kappa shape index (κ3) is 4.35. The number of piperidine rings is 1. The number of nitrogens with zero attached hydrogens (tertiary/aromatic N) is 4. The van der Waals surface area contributed by atoms with Gasteiger partial charge in [0.05, 0.1) is 12.6 Å². The quantitative estimate of drug-likeness (QED) is 0.864. The van der Waals surface area contributed by atoms with Crippen molar-refractivity contribution in [3.63, 3.8) is 0 Å². The summed E-state index contributed by atoms with van der Waals surface area (Å²) in [4.78, 5) is 18.3. The van der Waals surface area contributed by atoms with Gasteiger partial charge in [-0.15, -0.1) is 0 Å². The molecule has 1 saturated heterocycles. The van der Waals surface area contributed by atoms with Crippen LogP contribution in [-0.4, -0.2) is 44.7 Å². The predicted molar refractivity (Wildman–Crippen MR) is 94.1 cm³/mol. The van der Waals surface area contributed by atoms with Crippen molar-refractivity contribution in [3.8, 4) is 0 Å². The number of alkyl halides is 3. The van der Waals surface area contributed by atoms with Crippen LogP contribution in [0.15, 0.2) is 24.5 Å². The van der Waals surface area contributed by atoms with Crippen molar-refractivity contribution in [3.05, 3.63) is 41.7 Å². The summed E-state index contributed by atoms with van der Waals surface area (Å²) >= 11 is 0. The van der Waals surface area contributed by atoms with Crippen LogP contribution in [0.1, 0.15) is 47.3 Å². The average molecular weight is 383 g/mol. The van der Waals surface area contributed by atoms with Crippen LogP contribution < -0.4 is 5.32 Å². The van der Waals surface area contributed by atoms with Gasteiger partial charge in [-0.3, -0.25) is 9.69 Å². The molecule has 6 nitrogen and oxygen atoms in total. The monoisotopic (exact) mass is 383 g/mol. The van der Waals surface area contributed by atoms with Crippen LogP contribution in [0.2, 0.25) is 0 Å². The highest BCUT2D eigenvalue weighted by atomic mass is 19.4. The first-order valence-electron chi connectivity index (χ1n) is 8.98. The number of imidazole rings is 1. The number of amides is 1. The molecule has 0 spiro atoms. The number of likely N-dealkylation sites (tertiary alicyclic amines) is 1. The summed E-state index contributed by atoms with van der Waals surface area (Å²) in [5, 5.41) is 2.62. The van der Waals surface area contributed by atoms with E-state index in [0.29, 0.717) is 18.1 Å². The lowest BCUT2D eigenvalue weighted by molar-refractivity contribution is -0.141. The molecule has 0 aliphatic carbocycles. The minimum atomic E-state index is -4.28. The normalized spacial score (nSPS) is 18.6. The first-order valence-corrected chi connectivity index (χ1v) is 8.98. The zero-order valence-corrected chi connectivity index (χ0v) is 15.5. The topological polar surface area (TPSA) is 55.1 Å². The van der Waals surface area contributed by atoms with E-state index in [9.17, 15) is 18.0 Å². The highest BCUT2D eigenvalue weighted by molar-refractivity contribution is 5.92. The molecule has 1 fully saturated rings. The van der Waals surface area contributed by atoms with E-state index >= 15 is 0 Å². The number of nitrogens with one attached hydrogen (secondary N) is 1. The highest BCUT2D eigenvalue weighted by Gasteiger charge is 2.31. The van der Waals surface area contributed by atoms with Crippen LogP contribution in [0.4, 0.5) is 13.2 Å². The lowest BCUT2D eigenvalue weighted by Gasteiger charge is -2.36. The molecule has 3 heterocycles. The van der Waals surface area contributed by atoms with E-state index in [0.717, 1.165) is 36.1 Å². The van der Waals surface area contributed by atoms with Crippen LogP contribution in [0.3, 0.4) is 0 Å². The number of carbonyl (C=O) groups excluding carboxylic acids is 1. The zero-order valence-electron chi connectivity index (χ0n) is 15.5. The Morgan fingerprint density at radius 2 is 2.11 bits per heavy atom. The van der Waals surface area contributed by atoms with Crippen LogP contribution in [-0.2, 0) is 20.1 Å². The minimum Gasteiger partial charge on any atom is -0.354 e. The Hall–Kier alpha value is -2.29. The van der Waals surface area contributed by atoms with Gasteiger partial charge in [0.2, 0.25) is 0 Å². The van der Waals surface area contributed by atoms with Crippen molar-refractivity contribution < 1.29 is 18.0 Å². The fourth-order valence-corrected chi connectivity index (χ4v) is 3.74. The fraction of sp³-hybridized carbons (Fsp3) is 0.556. The van der Waals surface area contributed by atoms with E-state index in [1.165, 1.54) is 12.4 Å². The van der Waals surface area contributed by atoms with E-state index < -0.39 is 12.7 Å². The van der Waals surface area contributed by atoms with Gasteiger partial charge in [0.25, 0.3) is 5.91 Å². The molecular weight excluding hydrogens is 359 g/mol. The Balaban J connectivity index is 1.82. The summed E-state index contributed by atoms with van der Waals surface area (Å²) in [6.07, 6.45) is 1.42. The van der Waals surface area contributed by atoms with E-state index in [4.69, 9.17) is 0 Å². The first kappa shape index (κ1) is 19.5. The molecular formula is C18H24F3N5O. The van der Waals surface area contributed by atoms with Crippen molar-refractivity contribution in [1.82, 2.24) is 24.3 Å². The summed E-state index contributed by atoms with van der Waals surface area (Å²) in [5.41, 5.74) is 1.55. The maximum Gasteiger partial charge on any atom is 0.406 e. The summed E-state index contributed by atoms with van der Waals surface area (Å²) in [6.45, 7) is 0.0874. The van der Waals surface area contributed by atoms with Gasteiger partial charge < -0.3 is 14.5 Å². The number of rotatable bonds is 5. The Labute approximate surface area is 156 Å². The number of halogens is 3. The number of carbonyl (C=O) groups is 1. The third-order valence-corrected chi connectivity index (χ3v) is 5.07. The molecule has 0 unspecified atom stereocenters. The van der Waals surface area contributed by atoms with Gasteiger partial charge in [0, 0.05) is 32.2 Å². The fourth-order valence-electron chi connectivity index (χ4n) is 3.74. The van der Waals surface area contributed by atoms with E-state index in [-0.39, 0.29) is 11.9 Å². The lowest BCUT2D eigenvalue weighted by Crippen LogP contribution is -2.35. The smallest absolute Gasteiger partial charge is 0.354 e. The van der Waals surface area contributed by atoms with Crippen molar-refractivity contribution >= 4 is 5.91 Å². The van der Waals surface area contributed by atoms with Gasteiger partial charge >= 0.3 is 6.18 Å². The Kier molecular flexibility index (Phi) is 5.59. The van der Waals surface area contributed by atoms with E-state index in [2.05, 4.69) is 15.2 Å². The molecule has 0 radical (unpaired) electrons. The van der Waals surface area contributed by atoms with E-state index in [1.807, 2.05) is 17.7 Å². The van der Waals surface area contributed by atoms with Gasteiger partial charge in [-0.2, -0.15) is 13.2 Å². The number of hydrogen-bond acceptors (Lipinski definition) is 3. The second-order valence-electron chi connectivity index (χ2n) is 6.85. The van der Waals surface area contributed by atoms with Crippen molar-refractivity contribution in [2.75, 3.05) is 13.6 Å². The van der Waals surface area contributed by atoms with Gasteiger partial charge in [0.15, 0.2) is 0 Å². The summed E-state index contributed by atoms with van der Waals surface area (Å²) in [7, 11) is 3.43. The molecule has 2 aromatic heterocycles. The molecule has 148 valence electrons. The maximum atomic E-state index is 12.8. The van der Waals surface area contributed by atoms with Crippen molar-refractivity contribution in [2.24, 2.45) is 7.05 Å². The molecule has 0 saturated carbocycles. The molecule has 9 heteroatoms. The highest BCUT2D eigenvalue weighted by Crippen LogP contribution is 2.33. The molecule has 3 rings (SSSR count). The summed E-state index contributed by atoms with van der Waals surface area (Å²) in [6, 6.07) is 3.75.